The molecule has 1 fully saturated rings. The Morgan fingerprint density at radius 3 is 2.72 bits per heavy atom. The zero-order chi connectivity index (χ0) is 13.1. The third-order valence-corrected chi connectivity index (χ3v) is 4.07. The summed E-state index contributed by atoms with van der Waals surface area (Å²) in [6.07, 6.45) is 3.46. The second-order valence-electron chi connectivity index (χ2n) is 5.27. The fourth-order valence-electron chi connectivity index (χ4n) is 3.13. The first-order valence-electron chi connectivity index (χ1n) is 6.81. The van der Waals surface area contributed by atoms with Gasteiger partial charge in [0.25, 0.3) is 0 Å². The summed E-state index contributed by atoms with van der Waals surface area (Å²) in [4.78, 5) is 0. The number of benzene rings is 1. The van der Waals surface area contributed by atoms with Crippen molar-refractivity contribution >= 4 is 0 Å². The van der Waals surface area contributed by atoms with E-state index in [0.29, 0.717) is 17.4 Å². The fraction of sp³-hybridized carbons (Fsp3) is 0.600. The number of nitrogens with one attached hydrogen (secondary N) is 1. The molecule has 0 aromatic heterocycles. The highest BCUT2D eigenvalue weighted by Gasteiger charge is 2.32. The van der Waals surface area contributed by atoms with Crippen molar-refractivity contribution in [2.45, 2.75) is 39.2 Å². The molecule has 3 atom stereocenters. The van der Waals surface area contributed by atoms with Crippen molar-refractivity contribution in [3.05, 3.63) is 35.4 Å². The molecule has 0 saturated heterocycles. The Morgan fingerprint density at radius 2 is 2.11 bits per heavy atom. The van der Waals surface area contributed by atoms with Crippen LogP contribution in [0.2, 0.25) is 0 Å². The van der Waals surface area contributed by atoms with Crippen molar-refractivity contribution in [3.8, 4) is 0 Å². The molecule has 18 heavy (non-hydrogen) atoms. The second kappa shape index (κ2) is 5.79. The fourth-order valence-corrected chi connectivity index (χ4v) is 3.13. The van der Waals surface area contributed by atoms with Gasteiger partial charge in [0.1, 0.15) is 11.6 Å². The summed E-state index contributed by atoms with van der Waals surface area (Å²) in [5, 5.41) is 3.33. The Balaban J connectivity index is 2.31. The molecular weight excluding hydrogens is 232 g/mol. The molecule has 0 radical (unpaired) electrons. The molecule has 0 aliphatic heterocycles. The molecule has 1 aromatic rings. The summed E-state index contributed by atoms with van der Waals surface area (Å²) in [6, 6.07) is 3.69. The van der Waals surface area contributed by atoms with E-state index in [1.54, 1.807) is 0 Å². The highest BCUT2D eigenvalue weighted by molar-refractivity contribution is 5.23. The molecule has 100 valence electrons. The van der Waals surface area contributed by atoms with E-state index in [9.17, 15) is 8.78 Å². The van der Waals surface area contributed by atoms with E-state index in [4.69, 9.17) is 0 Å². The van der Waals surface area contributed by atoms with Gasteiger partial charge in [-0.05, 0) is 43.0 Å². The van der Waals surface area contributed by atoms with Crippen molar-refractivity contribution in [2.75, 3.05) is 6.54 Å². The molecule has 0 spiro atoms. The Morgan fingerprint density at radius 1 is 1.33 bits per heavy atom. The summed E-state index contributed by atoms with van der Waals surface area (Å²) < 4.78 is 27.3. The lowest BCUT2D eigenvalue weighted by atomic mass is 9.85. The number of rotatable bonds is 4. The summed E-state index contributed by atoms with van der Waals surface area (Å²) in [5.74, 6) is 0.305. The van der Waals surface area contributed by atoms with Crippen molar-refractivity contribution < 1.29 is 8.78 Å². The van der Waals surface area contributed by atoms with Crippen LogP contribution in [0.5, 0.6) is 0 Å². The largest absolute Gasteiger partial charge is 0.310 e. The van der Waals surface area contributed by atoms with Gasteiger partial charge in [-0.3, -0.25) is 0 Å². The molecule has 0 heterocycles. The van der Waals surface area contributed by atoms with Gasteiger partial charge in [-0.25, -0.2) is 8.78 Å². The van der Waals surface area contributed by atoms with Gasteiger partial charge in [0.05, 0.1) is 0 Å². The zero-order valence-corrected chi connectivity index (χ0v) is 11.0. The maximum Gasteiger partial charge on any atom is 0.128 e. The maximum atomic E-state index is 13.9. The standard InChI is InChI=1S/C15H21F2N/c1-3-18-15(12-6-4-5-10(12)2)13-9-11(16)7-8-14(13)17/h7-10,12,15,18H,3-6H2,1-2H3. The molecule has 1 aliphatic rings. The summed E-state index contributed by atoms with van der Waals surface area (Å²) in [6.45, 7) is 4.98. The molecule has 3 unspecified atom stereocenters. The molecule has 2 rings (SSSR count). The molecule has 0 bridgehead atoms. The van der Waals surface area contributed by atoms with Gasteiger partial charge >= 0.3 is 0 Å². The molecular formula is C15H21F2N. The molecule has 0 amide bonds. The Labute approximate surface area is 108 Å². The van der Waals surface area contributed by atoms with E-state index in [0.717, 1.165) is 13.0 Å². The van der Waals surface area contributed by atoms with Crippen LogP contribution in [0, 0.1) is 23.5 Å². The normalized spacial score (nSPS) is 25.3. The monoisotopic (exact) mass is 253 g/mol. The van der Waals surface area contributed by atoms with Crippen LogP contribution in [0.25, 0.3) is 0 Å². The van der Waals surface area contributed by atoms with Gasteiger partial charge in [-0.15, -0.1) is 0 Å². The molecule has 1 aliphatic carbocycles. The van der Waals surface area contributed by atoms with E-state index in [2.05, 4.69) is 12.2 Å². The van der Waals surface area contributed by atoms with Gasteiger partial charge in [0.2, 0.25) is 0 Å². The molecule has 1 saturated carbocycles. The van der Waals surface area contributed by atoms with Crippen LogP contribution in [0.15, 0.2) is 18.2 Å². The first kappa shape index (κ1) is 13.5. The molecule has 1 aromatic carbocycles. The maximum absolute atomic E-state index is 13.9. The molecule has 3 heteroatoms. The molecule has 1 nitrogen and oxygen atoms in total. The lowest BCUT2D eigenvalue weighted by Crippen LogP contribution is -2.30. The third-order valence-electron chi connectivity index (χ3n) is 4.07. The van der Waals surface area contributed by atoms with Gasteiger partial charge in [-0.1, -0.05) is 26.7 Å². The Kier molecular flexibility index (Phi) is 4.33. The number of hydrogen-bond donors (Lipinski definition) is 1. The zero-order valence-electron chi connectivity index (χ0n) is 11.0. The van der Waals surface area contributed by atoms with Crippen molar-refractivity contribution in [2.24, 2.45) is 11.8 Å². The predicted octanol–water partition coefficient (Wildman–Crippen LogP) is 4.05. The highest BCUT2D eigenvalue weighted by Crippen LogP contribution is 2.40. The lowest BCUT2D eigenvalue weighted by Gasteiger charge is -2.28. The third kappa shape index (κ3) is 2.72. The summed E-state index contributed by atoms with van der Waals surface area (Å²) >= 11 is 0. The van der Waals surface area contributed by atoms with E-state index in [-0.39, 0.29) is 17.7 Å². The average Bonchev–Trinajstić information content (AvgIpc) is 2.76. The predicted molar refractivity (Wildman–Crippen MR) is 69.3 cm³/mol. The van der Waals surface area contributed by atoms with Crippen LogP contribution in [-0.4, -0.2) is 6.54 Å². The van der Waals surface area contributed by atoms with E-state index >= 15 is 0 Å². The minimum Gasteiger partial charge on any atom is -0.310 e. The lowest BCUT2D eigenvalue weighted by molar-refractivity contribution is 0.298. The van der Waals surface area contributed by atoms with Crippen LogP contribution in [-0.2, 0) is 0 Å². The van der Waals surface area contributed by atoms with Crippen molar-refractivity contribution in [1.29, 1.82) is 0 Å². The van der Waals surface area contributed by atoms with Crippen LogP contribution in [0.1, 0.15) is 44.7 Å². The Hall–Kier alpha value is -0.960. The van der Waals surface area contributed by atoms with Crippen LogP contribution < -0.4 is 5.32 Å². The Bertz CT molecular complexity index is 405. The van der Waals surface area contributed by atoms with Crippen LogP contribution in [0.3, 0.4) is 0 Å². The van der Waals surface area contributed by atoms with Crippen molar-refractivity contribution in [3.63, 3.8) is 0 Å². The van der Waals surface area contributed by atoms with Gasteiger partial charge in [0.15, 0.2) is 0 Å². The van der Waals surface area contributed by atoms with E-state index in [1.165, 1.54) is 31.0 Å². The molecule has 1 N–H and O–H groups in total. The van der Waals surface area contributed by atoms with E-state index < -0.39 is 0 Å². The summed E-state index contributed by atoms with van der Waals surface area (Å²) in [5.41, 5.74) is 0.482. The van der Waals surface area contributed by atoms with Crippen molar-refractivity contribution in [1.82, 2.24) is 5.32 Å². The van der Waals surface area contributed by atoms with Crippen LogP contribution >= 0.6 is 0 Å². The van der Waals surface area contributed by atoms with E-state index in [1.807, 2.05) is 6.92 Å². The average molecular weight is 253 g/mol. The first-order valence-corrected chi connectivity index (χ1v) is 6.81. The minimum atomic E-state index is -0.361. The van der Waals surface area contributed by atoms with Gasteiger partial charge in [0, 0.05) is 11.6 Å². The number of halogens is 2. The quantitative estimate of drug-likeness (QED) is 0.853. The minimum absolute atomic E-state index is 0.0665. The first-order chi connectivity index (χ1) is 8.63. The highest BCUT2D eigenvalue weighted by atomic mass is 19.1. The van der Waals surface area contributed by atoms with Gasteiger partial charge < -0.3 is 5.32 Å². The topological polar surface area (TPSA) is 12.0 Å². The SMILES string of the molecule is CCNC(c1cc(F)ccc1F)C1CCCC1C. The smallest absolute Gasteiger partial charge is 0.128 e. The van der Waals surface area contributed by atoms with Gasteiger partial charge in [-0.2, -0.15) is 0 Å². The summed E-state index contributed by atoms with van der Waals surface area (Å²) in [7, 11) is 0. The van der Waals surface area contributed by atoms with Crippen LogP contribution in [0.4, 0.5) is 8.78 Å². The second-order valence-corrected chi connectivity index (χ2v) is 5.27. The number of hydrogen-bond acceptors (Lipinski definition) is 1.